The van der Waals surface area contributed by atoms with E-state index in [0.29, 0.717) is 19.6 Å². The Kier molecular flexibility index (Phi) is 4.70. The molecule has 4 heteroatoms. The molecule has 0 amide bonds. The fourth-order valence-corrected chi connectivity index (χ4v) is 4.21. The van der Waals surface area contributed by atoms with Gasteiger partial charge in [-0.1, -0.05) is 71.4 Å². The number of ether oxygens (including phenoxy) is 1. The molecule has 4 nitrogen and oxygen atoms in total. The third-order valence-corrected chi connectivity index (χ3v) is 5.57. The van der Waals surface area contributed by atoms with Crippen molar-refractivity contribution in [2.24, 2.45) is 5.10 Å². The van der Waals surface area contributed by atoms with Crippen LogP contribution in [0.2, 0.25) is 0 Å². The van der Waals surface area contributed by atoms with Crippen molar-refractivity contribution in [1.82, 2.24) is 0 Å². The number of fused-ring (bicyclic) bond motifs is 3. The van der Waals surface area contributed by atoms with E-state index in [4.69, 9.17) is 4.74 Å². The van der Waals surface area contributed by atoms with Crippen LogP contribution in [0.1, 0.15) is 29.5 Å². The molecular weight excluding hydrogens is 360 g/mol. The highest BCUT2D eigenvalue weighted by atomic mass is 16.5. The maximum atomic E-state index is 12.2. The molecule has 5 rings (SSSR count). The summed E-state index contributed by atoms with van der Waals surface area (Å²) in [7, 11) is 0. The number of hydrogen-bond donors (Lipinski definition) is 0. The largest absolute Gasteiger partial charge is 0.857 e. The minimum Gasteiger partial charge on any atom is -0.857 e. The molecule has 0 saturated carbocycles. The molecule has 3 aromatic carbocycles. The van der Waals surface area contributed by atoms with E-state index in [1.807, 2.05) is 35.0 Å². The van der Waals surface area contributed by atoms with Gasteiger partial charge in [0.1, 0.15) is 0 Å². The Hall–Kier alpha value is -3.24. The van der Waals surface area contributed by atoms with Crippen molar-refractivity contribution in [2.45, 2.75) is 25.5 Å². The summed E-state index contributed by atoms with van der Waals surface area (Å²) >= 11 is 0. The molecule has 1 heterocycles. The van der Waals surface area contributed by atoms with Gasteiger partial charge in [0.15, 0.2) is 6.04 Å². The Morgan fingerprint density at radius 2 is 1.41 bits per heavy atom. The SMILES string of the molecule is [O-]C1=N[N+](=C2c3ccccc3-c3ccccc32)C(CCOCc2ccccc2)C1. The third-order valence-electron chi connectivity index (χ3n) is 5.57. The Labute approximate surface area is 170 Å². The summed E-state index contributed by atoms with van der Waals surface area (Å²) in [6.45, 7) is 1.18. The summed E-state index contributed by atoms with van der Waals surface area (Å²) in [6.07, 6.45) is 1.19. The van der Waals surface area contributed by atoms with Crippen LogP contribution in [-0.2, 0) is 11.3 Å². The quantitative estimate of drug-likeness (QED) is 0.391. The molecule has 1 atom stereocenters. The lowest BCUT2D eigenvalue weighted by Gasteiger charge is -2.09. The first kappa shape index (κ1) is 17.8. The van der Waals surface area contributed by atoms with Gasteiger partial charge in [0.2, 0.25) is 5.71 Å². The van der Waals surface area contributed by atoms with Crippen LogP contribution in [0, 0.1) is 0 Å². The van der Waals surface area contributed by atoms with Crippen LogP contribution in [0.5, 0.6) is 0 Å². The average molecular weight is 382 g/mol. The van der Waals surface area contributed by atoms with Gasteiger partial charge in [-0.25, -0.2) is 0 Å². The zero-order valence-electron chi connectivity index (χ0n) is 16.1. The number of nitrogens with zero attached hydrogens (tertiary/aromatic N) is 2. The smallest absolute Gasteiger partial charge is 0.247 e. The highest BCUT2D eigenvalue weighted by molar-refractivity contribution is 6.22. The van der Waals surface area contributed by atoms with Crippen LogP contribution in [0.15, 0.2) is 84.0 Å². The minimum atomic E-state index is -0.0626. The molecule has 0 N–H and O–H groups in total. The third kappa shape index (κ3) is 3.36. The molecule has 1 aliphatic heterocycles. The molecule has 0 aromatic heterocycles. The molecule has 3 aromatic rings. The second-order valence-electron chi connectivity index (χ2n) is 7.46. The van der Waals surface area contributed by atoms with Crippen LogP contribution in [0.4, 0.5) is 0 Å². The lowest BCUT2D eigenvalue weighted by atomic mass is 10.1. The first-order valence-electron chi connectivity index (χ1n) is 10.0. The van der Waals surface area contributed by atoms with Crippen molar-refractivity contribution < 1.29 is 14.5 Å². The second-order valence-corrected chi connectivity index (χ2v) is 7.46. The molecular formula is C25H22N2O2. The topological polar surface area (TPSA) is 47.7 Å². The molecule has 144 valence electrons. The predicted octanol–water partition coefficient (Wildman–Crippen LogP) is 3.57. The Morgan fingerprint density at radius 1 is 0.828 bits per heavy atom. The number of benzene rings is 3. The molecule has 29 heavy (non-hydrogen) atoms. The van der Waals surface area contributed by atoms with Gasteiger partial charge in [0.05, 0.1) is 24.3 Å². The molecule has 1 aliphatic carbocycles. The lowest BCUT2D eigenvalue weighted by molar-refractivity contribution is -0.562. The molecule has 0 fully saturated rings. The molecule has 0 bridgehead atoms. The Morgan fingerprint density at radius 3 is 2.07 bits per heavy atom. The first-order chi connectivity index (χ1) is 14.3. The van der Waals surface area contributed by atoms with Gasteiger partial charge >= 0.3 is 0 Å². The van der Waals surface area contributed by atoms with E-state index in [2.05, 4.69) is 53.6 Å². The van der Waals surface area contributed by atoms with E-state index in [1.165, 1.54) is 11.1 Å². The summed E-state index contributed by atoms with van der Waals surface area (Å²) in [5.74, 6) is -0.0626. The monoisotopic (exact) mass is 382 g/mol. The van der Waals surface area contributed by atoms with Crippen molar-refractivity contribution in [1.29, 1.82) is 0 Å². The highest BCUT2D eigenvalue weighted by Gasteiger charge is 2.38. The zero-order chi connectivity index (χ0) is 19.6. The maximum absolute atomic E-state index is 12.2. The van der Waals surface area contributed by atoms with Gasteiger partial charge in [0.25, 0.3) is 0 Å². The van der Waals surface area contributed by atoms with E-state index in [-0.39, 0.29) is 11.9 Å². The van der Waals surface area contributed by atoms with Crippen LogP contribution >= 0.6 is 0 Å². The fraction of sp³-hybridized carbons (Fsp3) is 0.200. The van der Waals surface area contributed by atoms with Crippen molar-refractivity contribution in [2.75, 3.05) is 6.61 Å². The van der Waals surface area contributed by atoms with Crippen LogP contribution < -0.4 is 5.11 Å². The predicted molar refractivity (Wildman–Crippen MR) is 112 cm³/mol. The van der Waals surface area contributed by atoms with Crippen LogP contribution in [0.25, 0.3) is 11.1 Å². The number of rotatable bonds is 5. The first-order valence-corrected chi connectivity index (χ1v) is 10.0. The van der Waals surface area contributed by atoms with Gasteiger partial charge in [-0.3, -0.25) is 0 Å². The summed E-state index contributed by atoms with van der Waals surface area (Å²) in [5, 5.41) is 16.6. The molecule has 0 saturated heterocycles. The van der Waals surface area contributed by atoms with E-state index in [0.717, 1.165) is 28.8 Å². The molecule has 0 spiro atoms. The number of hydrogen-bond acceptors (Lipinski definition) is 3. The van der Waals surface area contributed by atoms with Gasteiger partial charge < -0.3 is 9.84 Å². The van der Waals surface area contributed by atoms with Crippen molar-refractivity contribution in [3.05, 3.63) is 95.6 Å². The molecule has 0 radical (unpaired) electrons. The second kappa shape index (κ2) is 7.64. The fourth-order valence-electron chi connectivity index (χ4n) is 4.21. The minimum absolute atomic E-state index is 0.0208. The van der Waals surface area contributed by atoms with Gasteiger partial charge in [0, 0.05) is 18.7 Å². The standard InChI is InChI=1S/C25H22N2O2/c28-24-16-19(14-15-29-17-18-8-2-1-3-9-18)27(26-24)25-22-12-6-4-10-20(22)21-11-5-7-13-23(21)25/h1-13,19H,14-17H2. The van der Waals surface area contributed by atoms with Crippen LogP contribution in [0.3, 0.4) is 0 Å². The highest BCUT2D eigenvalue weighted by Crippen LogP contribution is 2.37. The van der Waals surface area contributed by atoms with Gasteiger partial charge in [-0.05, 0) is 33.9 Å². The lowest BCUT2D eigenvalue weighted by Crippen LogP contribution is -2.27. The Balaban J connectivity index is 1.42. The van der Waals surface area contributed by atoms with E-state index in [1.54, 1.807) is 0 Å². The van der Waals surface area contributed by atoms with Crippen molar-refractivity contribution >= 4 is 11.6 Å². The van der Waals surface area contributed by atoms with Crippen molar-refractivity contribution in [3.8, 4) is 11.1 Å². The number of hydrazone groups is 1. The van der Waals surface area contributed by atoms with Crippen molar-refractivity contribution in [3.63, 3.8) is 0 Å². The van der Waals surface area contributed by atoms with Crippen LogP contribution in [-0.4, -0.2) is 28.9 Å². The summed E-state index contributed by atoms with van der Waals surface area (Å²) in [6, 6.07) is 26.9. The van der Waals surface area contributed by atoms with Gasteiger partial charge in [-0.2, -0.15) is 0 Å². The Bertz CT molecular complexity index is 1060. The summed E-state index contributed by atoms with van der Waals surface area (Å²) in [4.78, 5) is 0. The summed E-state index contributed by atoms with van der Waals surface area (Å²) < 4.78 is 7.82. The van der Waals surface area contributed by atoms with E-state index in [9.17, 15) is 5.11 Å². The zero-order valence-corrected chi connectivity index (χ0v) is 16.1. The normalized spacial score (nSPS) is 17.2. The average Bonchev–Trinajstić information content (AvgIpc) is 3.29. The maximum Gasteiger partial charge on any atom is 0.247 e. The van der Waals surface area contributed by atoms with Gasteiger partial charge in [-0.15, -0.1) is 0 Å². The summed E-state index contributed by atoms with van der Waals surface area (Å²) in [5.41, 5.74) is 6.88. The molecule has 2 aliphatic rings. The van der Waals surface area contributed by atoms with E-state index >= 15 is 0 Å². The van der Waals surface area contributed by atoms with E-state index < -0.39 is 0 Å². The molecule has 1 unspecified atom stereocenters.